The fourth-order valence-corrected chi connectivity index (χ4v) is 3.09. The number of aliphatic imine (C=N–C) groups is 1. The topological polar surface area (TPSA) is 47.9 Å². The second kappa shape index (κ2) is 6.01. The average molecular weight is 315 g/mol. The molecule has 1 aromatic carbocycles. The van der Waals surface area contributed by atoms with Crippen molar-refractivity contribution in [2.24, 2.45) is 4.99 Å². The SMILES string of the molecule is COc1ccc(C(F)(F)F)c(C2(N=C=O)CCCC2)c1OC. The summed E-state index contributed by atoms with van der Waals surface area (Å²) in [5.74, 6) is 0.149. The molecule has 0 radical (unpaired) electrons. The summed E-state index contributed by atoms with van der Waals surface area (Å²) in [5.41, 5.74) is -2.25. The lowest BCUT2D eigenvalue weighted by Crippen LogP contribution is -2.25. The van der Waals surface area contributed by atoms with Crippen molar-refractivity contribution in [1.29, 1.82) is 0 Å². The van der Waals surface area contributed by atoms with Gasteiger partial charge in [0.1, 0.15) is 5.54 Å². The van der Waals surface area contributed by atoms with Crippen LogP contribution >= 0.6 is 0 Å². The lowest BCUT2D eigenvalue weighted by atomic mass is 9.84. The van der Waals surface area contributed by atoms with E-state index in [0.717, 1.165) is 6.07 Å². The highest BCUT2D eigenvalue weighted by Crippen LogP contribution is 2.52. The van der Waals surface area contributed by atoms with Crippen LogP contribution in [0.1, 0.15) is 36.8 Å². The first-order valence-electron chi connectivity index (χ1n) is 6.81. The Bertz CT molecular complexity index is 601. The number of ether oxygens (including phenoxy) is 2. The Kier molecular flexibility index (Phi) is 4.47. The van der Waals surface area contributed by atoms with Gasteiger partial charge in [-0.3, -0.25) is 0 Å². The number of benzene rings is 1. The quantitative estimate of drug-likeness (QED) is 0.627. The maximum Gasteiger partial charge on any atom is 0.416 e. The number of rotatable bonds is 4. The van der Waals surface area contributed by atoms with Gasteiger partial charge in [-0.2, -0.15) is 18.2 Å². The molecule has 0 saturated heterocycles. The first-order valence-corrected chi connectivity index (χ1v) is 6.81. The largest absolute Gasteiger partial charge is 0.493 e. The second-order valence-corrected chi connectivity index (χ2v) is 5.16. The van der Waals surface area contributed by atoms with Crippen LogP contribution in [0.25, 0.3) is 0 Å². The first kappa shape index (κ1) is 16.4. The van der Waals surface area contributed by atoms with Crippen LogP contribution in [0.5, 0.6) is 11.5 Å². The minimum Gasteiger partial charge on any atom is -0.493 e. The monoisotopic (exact) mass is 315 g/mol. The molecule has 0 spiro atoms. The van der Waals surface area contributed by atoms with E-state index in [2.05, 4.69) is 4.99 Å². The summed E-state index contributed by atoms with van der Waals surface area (Å²) in [7, 11) is 2.62. The van der Waals surface area contributed by atoms with E-state index in [4.69, 9.17) is 9.47 Å². The van der Waals surface area contributed by atoms with Crippen molar-refractivity contribution in [2.45, 2.75) is 37.4 Å². The molecule has 1 aliphatic carbocycles. The summed E-state index contributed by atoms with van der Waals surface area (Å²) < 4.78 is 50.5. The Morgan fingerprint density at radius 1 is 1.18 bits per heavy atom. The van der Waals surface area contributed by atoms with Gasteiger partial charge in [0.15, 0.2) is 11.5 Å². The molecular formula is C15H16F3NO3. The molecule has 0 unspecified atom stereocenters. The summed E-state index contributed by atoms with van der Waals surface area (Å²) in [4.78, 5) is 14.6. The Morgan fingerprint density at radius 3 is 2.27 bits per heavy atom. The molecule has 0 N–H and O–H groups in total. The number of hydrogen-bond acceptors (Lipinski definition) is 4. The third-order valence-corrected chi connectivity index (χ3v) is 4.01. The number of halogens is 3. The van der Waals surface area contributed by atoms with Crippen molar-refractivity contribution in [2.75, 3.05) is 14.2 Å². The van der Waals surface area contributed by atoms with Gasteiger partial charge < -0.3 is 9.47 Å². The molecule has 0 amide bonds. The van der Waals surface area contributed by atoms with Crippen LogP contribution in [0.2, 0.25) is 0 Å². The Morgan fingerprint density at radius 2 is 1.82 bits per heavy atom. The number of nitrogens with zero attached hydrogens (tertiary/aromatic N) is 1. The van der Waals surface area contributed by atoms with E-state index in [-0.39, 0.29) is 17.1 Å². The van der Waals surface area contributed by atoms with Gasteiger partial charge in [-0.25, -0.2) is 4.79 Å². The Balaban J connectivity index is 2.82. The normalized spacial score (nSPS) is 17.0. The van der Waals surface area contributed by atoms with Crippen LogP contribution in [-0.4, -0.2) is 20.3 Å². The molecule has 4 nitrogen and oxygen atoms in total. The smallest absolute Gasteiger partial charge is 0.416 e. The van der Waals surface area contributed by atoms with Crippen molar-refractivity contribution in [3.05, 3.63) is 23.3 Å². The lowest BCUT2D eigenvalue weighted by molar-refractivity contribution is -0.139. The van der Waals surface area contributed by atoms with Crippen LogP contribution in [0.3, 0.4) is 0 Å². The van der Waals surface area contributed by atoms with Gasteiger partial charge in [-0.15, -0.1) is 0 Å². The highest BCUT2D eigenvalue weighted by atomic mass is 19.4. The fourth-order valence-electron chi connectivity index (χ4n) is 3.09. The zero-order valence-electron chi connectivity index (χ0n) is 12.3. The third-order valence-electron chi connectivity index (χ3n) is 4.01. The van der Waals surface area contributed by atoms with Gasteiger partial charge in [0, 0.05) is 5.56 Å². The number of hydrogen-bond donors (Lipinski definition) is 0. The van der Waals surface area contributed by atoms with Gasteiger partial charge in [-0.05, 0) is 25.0 Å². The van der Waals surface area contributed by atoms with Crippen LogP contribution in [-0.2, 0) is 16.5 Å². The van der Waals surface area contributed by atoms with E-state index < -0.39 is 17.3 Å². The van der Waals surface area contributed by atoms with Crippen LogP contribution in [0.4, 0.5) is 13.2 Å². The predicted molar refractivity (Wildman–Crippen MR) is 72.8 cm³/mol. The van der Waals surface area contributed by atoms with Gasteiger partial charge >= 0.3 is 6.18 Å². The molecular weight excluding hydrogens is 299 g/mol. The highest BCUT2D eigenvalue weighted by molar-refractivity contribution is 5.56. The van der Waals surface area contributed by atoms with E-state index in [1.807, 2.05) is 0 Å². The van der Waals surface area contributed by atoms with Crippen molar-refractivity contribution in [3.63, 3.8) is 0 Å². The van der Waals surface area contributed by atoms with E-state index in [1.165, 1.54) is 26.4 Å². The molecule has 0 heterocycles. The summed E-state index contributed by atoms with van der Waals surface area (Å²) >= 11 is 0. The molecule has 0 atom stereocenters. The predicted octanol–water partition coefficient (Wildman–Crippen LogP) is 3.83. The maximum absolute atomic E-state index is 13.4. The molecule has 22 heavy (non-hydrogen) atoms. The minimum absolute atomic E-state index is 0.0294. The van der Waals surface area contributed by atoms with Crippen molar-refractivity contribution in [1.82, 2.24) is 0 Å². The Hall–Kier alpha value is -2.01. The van der Waals surface area contributed by atoms with Crippen LogP contribution in [0.15, 0.2) is 17.1 Å². The highest BCUT2D eigenvalue weighted by Gasteiger charge is 2.46. The summed E-state index contributed by atoms with van der Waals surface area (Å²) in [5, 5.41) is 0. The number of alkyl halides is 3. The van der Waals surface area contributed by atoms with Gasteiger partial charge in [0.25, 0.3) is 0 Å². The molecule has 0 aromatic heterocycles. The van der Waals surface area contributed by atoms with Crippen LogP contribution in [0, 0.1) is 0 Å². The molecule has 0 bridgehead atoms. The van der Waals surface area contributed by atoms with Crippen molar-refractivity contribution >= 4 is 6.08 Å². The molecule has 7 heteroatoms. The lowest BCUT2D eigenvalue weighted by Gasteiger charge is -2.29. The zero-order chi connectivity index (χ0) is 16.4. The molecule has 0 aliphatic heterocycles. The first-order chi connectivity index (χ1) is 10.4. The van der Waals surface area contributed by atoms with Gasteiger partial charge in [-0.1, -0.05) is 12.8 Å². The van der Waals surface area contributed by atoms with Gasteiger partial charge in [0.2, 0.25) is 6.08 Å². The zero-order valence-corrected chi connectivity index (χ0v) is 12.3. The number of isocyanates is 1. The molecule has 2 rings (SSSR count). The number of methoxy groups -OCH3 is 2. The molecule has 120 valence electrons. The van der Waals surface area contributed by atoms with E-state index in [9.17, 15) is 18.0 Å². The molecule has 1 fully saturated rings. The van der Waals surface area contributed by atoms with E-state index in [1.54, 1.807) is 0 Å². The Labute approximate surface area is 125 Å². The standard InChI is InChI=1S/C15H16F3NO3/c1-21-11-6-5-10(15(16,17)18)12(13(11)22-2)14(19-9-20)7-3-4-8-14/h5-6H,3-4,7-8H2,1-2H3. The molecule has 1 aromatic rings. The maximum atomic E-state index is 13.4. The molecule has 1 saturated carbocycles. The number of carbonyl (C=O) groups excluding carboxylic acids is 1. The van der Waals surface area contributed by atoms with E-state index >= 15 is 0 Å². The van der Waals surface area contributed by atoms with Gasteiger partial charge in [0.05, 0.1) is 19.8 Å². The summed E-state index contributed by atoms with van der Waals surface area (Å²) in [6, 6.07) is 2.15. The van der Waals surface area contributed by atoms with Crippen molar-refractivity contribution < 1.29 is 27.4 Å². The summed E-state index contributed by atoms with van der Waals surface area (Å²) in [6.45, 7) is 0. The second-order valence-electron chi connectivity index (χ2n) is 5.16. The third kappa shape index (κ3) is 2.68. The minimum atomic E-state index is -4.58. The molecule has 1 aliphatic rings. The average Bonchev–Trinajstić information content (AvgIpc) is 2.94. The van der Waals surface area contributed by atoms with E-state index in [0.29, 0.717) is 25.7 Å². The van der Waals surface area contributed by atoms with Crippen molar-refractivity contribution in [3.8, 4) is 11.5 Å². The fraction of sp³-hybridized carbons (Fsp3) is 0.533. The summed E-state index contributed by atoms with van der Waals surface area (Å²) in [6.07, 6.45) is -1.10. The van der Waals surface area contributed by atoms with Crippen LogP contribution < -0.4 is 9.47 Å².